The van der Waals surface area contributed by atoms with Crippen molar-refractivity contribution in [2.45, 2.75) is 0 Å². The molecule has 0 spiro atoms. The van der Waals surface area contributed by atoms with E-state index in [4.69, 9.17) is 0 Å². The maximum Gasteiger partial charge on any atom is 0.212 e. The number of rotatable bonds is 1. The van der Waals surface area contributed by atoms with E-state index in [1.54, 1.807) is 11.7 Å². The summed E-state index contributed by atoms with van der Waals surface area (Å²) in [5.74, 6) is 0.523. The minimum atomic E-state index is 0.523. The first-order valence-electron chi connectivity index (χ1n) is 2.87. The van der Waals surface area contributed by atoms with E-state index >= 15 is 0 Å². The fourth-order valence-corrected chi connectivity index (χ4v) is 1.10. The molecule has 0 atom stereocenters. The van der Waals surface area contributed by atoms with E-state index in [1.165, 1.54) is 17.5 Å². The first-order valence-corrected chi connectivity index (χ1v) is 3.75. The van der Waals surface area contributed by atoms with E-state index in [0.29, 0.717) is 10.8 Å². The molecule has 0 aromatic carbocycles. The van der Waals surface area contributed by atoms with Gasteiger partial charge in [0.25, 0.3) is 0 Å². The molecule has 2 heterocycles. The molecular formula is C5H3N5S. The van der Waals surface area contributed by atoms with Crippen LogP contribution in [0.1, 0.15) is 0 Å². The smallest absolute Gasteiger partial charge is 0.212 e. The summed E-state index contributed by atoms with van der Waals surface area (Å²) in [6.07, 6.45) is 3.09. The van der Waals surface area contributed by atoms with E-state index in [2.05, 4.69) is 25.4 Å². The molecule has 0 aliphatic heterocycles. The summed E-state index contributed by atoms with van der Waals surface area (Å²) in [5.41, 5.74) is 1.63. The van der Waals surface area contributed by atoms with Crippen molar-refractivity contribution in [3.63, 3.8) is 0 Å². The summed E-state index contributed by atoms with van der Waals surface area (Å²) in [5, 5.41) is 15.6. The van der Waals surface area contributed by atoms with Gasteiger partial charge in [0.2, 0.25) is 5.82 Å². The van der Waals surface area contributed by atoms with Gasteiger partial charge in [-0.2, -0.15) is 5.10 Å². The van der Waals surface area contributed by atoms with E-state index in [1.807, 2.05) is 0 Å². The van der Waals surface area contributed by atoms with Crippen LogP contribution in [0, 0.1) is 0 Å². The lowest BCUT2D eigenvalue weighted by Gasteiger charge is -1.87. The van der Waals surface area contributed by atoms with Crippen molar-refractivity contribution >= 4 is 11.3 Å². The Morgan fingerprint density at radius 2 is 2.09 bits per heavy atom. The van der Waals surface area contributed by atoms with Gasteiger partial charge in [-0.05, 0) is 0 Å². The van der Waals surface area contributed by atoms with Crippen molar-refractivity contribution < 1.29 is 0 Å². The third-order valence-corrected chi connectivity index (χ3v) is 1.72. The second-order valence-electron chi connectivity index (χ2n) is 1.71. The van der Waals surface area contributed by atoms with Gasteiger partial charge < -0.3 is 0 Å². The number of nitrogens with zero attached hydrogens (tertiary/aromatic N) is 5. The maximum absolute atomic E-state index is 3.96. The predicted molar refractivity (Wildman–Crippen MR) is 38.7 cm³/mol. The molecule has 0 radical (unpaired) electrons. The zero-order valence-corrected chi connectivity index (χ0v) is 6.19. The van der Waals surface area contributed by atoms with E-state index in [9.17, 15) is 0 Å². The quantitative estimate of drug-likeness (QED) is 0.611. The summed E-state index contributed by atoms with van der Waals surface area (Å²) in [7, 11) is 0. The fraction of sp³-hybridized carbons (Fsp3) is 0. The Morgan fingerprint density at radius 3 is 2.73 bits per heavy atom. The van der Waals surface area contributed by atoms with Crippen LogP contribution in [0.4, 0.5) is 0 Å². The van der Waals surface area contributed by atoms with Crippen LogP contribution < -0.4 is 0 Å². The van der Waals surface area contributed by atoms with Crippen molar-refractivity contribution in [3.8, 4) is 10.8 Å². The molecule has 0 saturated carbocycles. The number of hydrogen-bond acceptors (Lipinski definition) is 6. The largest absolute Gasteiger partial charge is 0.231 e. The molecule has 2 aromatic rings. The van der Waals surface area contributed by atoms with Crippen molar-refractivity contribution in [2.24, 2.45) is 0 Å². The third kappa shape index (κ3) is 1.20. The van der Waals surface area contributed by atoms with Crippen LogP contribution in [-0.2, 0) is 0 Å². The molecule has 2 aromatic heterocycles. The Balaban J connectivity index is 2.46. The molecule has 5 nitrogen and oxygen atoms in total. The van der Waals surface area contributed by atoms with Crippen LogP contribution in [0.2, 0.25) is 0 Å². The van der Waals surface area contributed by atoms with E-state index < -0.39 is 0 Å². The SMILES string of the molecule is c1cnc(-c2nncs2)nn1. The standard InChI is InChI=1S/C5H3N5S/c1-2-7-9-4(6-1)5-10-8-3-11-5/h1-3H. The Hall–Kier alpha value is -1.43. The van der Waals surface area contributed by atoms with Gasteiger partial charge in [-0.3, -0.25) is 0 Å². The number of aromatic nitrogens is 5. The van der Waals surface area contributed by atoms with Gasteiger partial charge in [-0.15, -0.1) is 15.3 Å². The van der Waals surface area contributed by atoms with Crippen molar-refractivity contribution in [1.82, 2.24) is 25.4 Å². The van der Waals surface area contributed by atoms with Gasteiger partial charge in [0.05, 0.1) is 6.20 Å². The van der Waals surface area contributed by atoms with E-state index in [0.717, 1.165) is 0 Å². The maximum atomic E-state index is 3.96. The highest BCUT2D eigenvalue weighted by molar-refractivity contribution is 7.12. The lowest BCUT2D eigenvalue weighted by Crippen LogP contribution is -1.88. The molecule has 11 heavy (non-hydrogen) atoms. The van der Waals surface area contributed by atoms with Crippen molar-refractivity contribution in [2.75, 3.05) is 0 Å². The van der Waals surface area contributed by atoms with Gasteiger partial charge >= 0.3 is 0 Å². The van der Waals surface area contributed by atoms with Gasteiger partial charge in [-0.25, -0.2) is 4.98 Å². The van der Waals surface area contributed by atoms with Gasteiger partial charge in [0.15, 0.2) is 5.01 Å². The molecule has 0 unspecified atom stereocenters. The molecule has 0 fully saturated rings. The summed E-state index contributed by atoms with van der Waals surface area (Å²) in [6.45, 7) is 0. The topological polar surface area (TPSA) is 64.5 Å². The molecule has 54 valence electrons. The molecule has 0 N–H and O–H groups in total. The average Bonchev–Trinajstić information content (AvgIpc) is 2.58. The molecule has 6 heteroatoms. The Kier molecular flexibility index (Phi) is 1.53. The van der Waals surface area contributed by atoms with Crippen LogP contribution in [-0.4, -0.2) is 25.4 Å². The first kappa shape index (κ1) is 6.29. The highest BCUT2D eigenvalue weighted by Crippen LogP contribution is 2.12. The second-order valence-corrected chi connectivity index (χ2v) is 2.54. The lowest BCUT2D eigenvalue weighted by molar-refractivity contribution is 0.964. The van der Waals surface area contributed by atoms with Gasteiger partial charge in [0.1, 0.15) is 5.51 Å². The average molecular weight is 165 g/mol. The lowest BCUT2D eigenvalue weighted by atomic mass is 10.6. The molecule has 0 saturated heterocycles. The molecule has 0 bridgehead atoms. The zero-order chi connectivity index (χ0) is 7.52. The molecular weight excluding hydrogens is 162 g/mol. The van der Waals surface area contributed by atoms with Crippen molar-refractivity contribution in [3.05, 3.63) is 17.9 Å². The van der Waals surface area contributed by atoms with Gasteiger partial charge in [-0.1, -0.05) is 11.3 Å². The van der Waals surface area contributed by atoms with Crippen LogP contribution >= 0.6 is 11.3 Å². The van der Waals surface area contributed by atoms with Gasteiger partial charge in [0, 0.05) is 6.20 Å². The minimum absolute atomic E-state index is 0.523. The summed E-state index contributed by atoms with van der Waals surface area (Å²) in [4.78, 5) is 3.96. The van der Waals surface area contributed by atoms with Crippen molar-refractivity contribution in [1.29, 1.82) is 0 Å². The first-order chi connectivity index (χ1) is 5.47. The molecule has 0 amide bonds. The number of hydrogen-bond donors (Lipinski definition) is 0. The predicted octanol–water partition coefficient (Wildman–Crippen LogP) is 0.390. The monoisotopic (exact) mass is 165 g/mol. The molecule has 2 rings (SSSR count). The summed E-state index contributed by atoms with van der Waals surface area (Å²) < 4.78 is 0. The van der Waals surface area contributed by atoms with Crippen LogP contribution in [0.15, 0.2) is 17.9 Å². The molecule has 0 aliphatic rings. The Morgan fingerprint density at radius 1 is 1.09 bits per heavy atom. The third-order valence-electron chi connectivity index (χ3n) is 1.03. The van der Waals surface area contributed by atoms with E-state index in [-0.39, 0.29) is 0 Å². The summed E-state index contributed by atoms with van der Waals surface area (Å²) in [6, 6.07) is 0. The second kappa shape index (κ2) is 2.67. The normalized spacial score (nSPS) is 9.82. The highest BCUT2D eigenvalue weighted by atomic mass is 32.1. The van der Waals surface area contributed by atoms with Crippen LogP contribution in [0.25, 0.3) is 10.8 Å². The highest BCUT2D eigenvalue weighted by Gasteiger charge is 2.02. The van der Waals surface area contributed by atoms with Crippen LogP contribution in [0.3, 0.4) is 0 Å². The Labute approximate surface area is 66.2 Å². The zero-order valence-electron chi connectivity index (χ0n) is 5.38. The fourth-order valence-electron chi connectivity index (χ4n) is 0.616. The minimum Gasteiger partial charge on any atom is -0.231 e. The molecule has 0 aliphatic carbocycles. The van der Waals surface area contributed by atoms with Crippen LogP contribution in [0.5, 0.6) is 0 Å². The Bertz CT molecular complexity index is 318. The summed E-state index contributed by atoms with van der Waals surface area (Å²) >= 11 is 1.39.